The number of anilines is 1. The maximum Gasteiger partial charge on any atom is 0.341 e. The Labute approximate surface area is 158 Å². The van der Waals surface area contributed by atoms with E-state index in [1.165, 1.54) is 16.2 Å². The van der Waals surface area contributed by atoms with Gasteiger partial charge in [-0.2, -0.15) is 0 Å². The Morgan fingerprint density at radius 3 is 2.69 bits per heavy atom. The van der Waals surface area contributed by atoms with Crippen LogP contribution in [0.5, 0.6) is 0 Å². The van der Waals surface area contributed by atoms with E-state index in [0.29, 0.717) is 22.0 Å². The first-order chi connectivity index (χ1) is 12.4. The Morgan fingerprint density at radius 2 is 2.00 bits per heavy atom. The summed E-state index contributed by atoms with van der Waals surface area (Å²) in [6, 6.07) is 7.45. The van der Waals surface area contributed by atoms with Crippen molar-refractivity contribution in [3.8, 4) is 0 Å². The summed E-state index contributed by atoms with van der Waals surface area (Å²) in [5.41, 5.74) is 3.13. The van der Waals surface area contributed by atoms with Gasteiger partial charge in [0.1, 0.15) is 5.00 Å². The van der Waals surface area contributed by atoms with Gasteiger partial charge in [0, 0.05) is 10.4 Å². The van der Waals surface area contributed by atoms with Gasteiger partial charge in [0.05, 0.1) is 11.7 Å². The van der Waals surface area contributed by atoms with Crippen LogP contribution in [0.2, 0.25) is 0 Å². The van der Waals surface area contributed by atoms with Crippen LogP contribution in [0.25, 0.3) is 0 Å². The predicted molar refractivity (Wildman–Crippen MR) is 105 cm³/mol. The van der Waals surface area contributed by atoms with Gasteiger partial charge in [0.15, 0.2) is 0 Å². The summed E-state index contributed by atoms with van der Waals surface area (Å²) in [7, 11) is 0. The monoisotopic (exact) mass is 371 g/mol. The highest BCUT2D eigenvalue weighted by Crippen LogP contribution is 2.40. The minimum absolute atomic E-state index is 0.187. The number of fused-ring (bicyclic) bond motifs is 1. The van der Waals surface area contributed by atoms with E-state index in [1.807, 2.05) is 39.0 Å². The van der Waals surface area contributed by atoms with E-state index in [2.05, 4.69) is 12.2 Å². The summed E-state index contributed by atoms with van der Waals surface area (Å²) in [4.78, 5) is 26.7. The van der Waals surface area contributed by atoms with Crippen molar-refractivity contribution < 1.29 is 14.3 Å². The van der Waals surface area contributed by atoms with Crippen LogP contribution in [0.15, 0.2) is 24.3 Å². The lowest BCUT2D eigenvalue weighted by molar-refractivity contribution is 0.0378. The van der Waals surface area contributed by atoms with Gasteiger partial charge >= 0.3 is 5.97 Å². The van der Waals surface area contributed by atoms with E-state index in [0.717, 1.165) is 30.4 Å². The second-order valence-electron chi connectivity index (χ2n) is 7.28. The van der Waals surface area contributed by atoms with Gasteiger partial charge in [-0.15, -0.1) is 11.3 Å². The van der Waals surface area contributed by atoms with Gasteiger partial charge in [-0.3, -0.25) is 4.79 Å². The molecular weight excluding hydrogens is 346 g/mol. The van der Waals surface area contributed by atoms with Crippen LogP contribution in [-0.4, -0.2) is 18.0 Å². The van der Waals surface area contributed by atoms with Gasteiger partial charge in [0.2, 0.25) is 0 Å². The molecular formula is C21H25NO3S. The van der Waals surface area contributed by atoms with Crippen molar-refractivity contribution in [3.63, 3.8) is 0 Å². The van der Waals surface area contributed by atoms with Gasteiger partial charge < -0.3 is 10.1 Å². The van der Waals surface area contributed by atoms with Crippen LogP contribution in [0, 0.1) is 12.8 Å². The average Bonchev–Trinajstić information content (AvgIpc) is 2.91. The molecule has 26 heavy (non-hydrogen) atoms. The highest BCUT2D eigenvalue weighted by atomic mass is 32.1. The highest BCUT2D eigenvalue weighted by molar-refractivity contribution is 7.17. The van der Waals surface area contributed by atoms with E-state index < -0.39 is 0 Å². The lowest BCUT2D eigenvalue weighted by Crippen LogP contribution is -2.19. The molecule has 1 heterocycles. The smallest absolute Gasteiger partial charge is 0.341 e. The van der Waals surface area contributed by atoms with Crippen molar-refractivity contribution in [3.05, 3.63) is 51.4 Å². The first kappa shape index (κ1) is 18.6. The Kier molecular flexibility index (Phi) is 5.47. The molecule has 3 rings (SSSR count). The zero-order valence-corrected chi connectivity index (χ0v) is 16.5. The summed E-state index contributed by atoms with van der Waals surface area (Å²) >= 11 is 1.52. The van der Waals surface area contributed by atoms with Gasteiger partial charge in [-0.05, 0) is 63.1 Å². The fraction of sp³-hybridized carbons (Fsp3) is 0.429. The summed E-state index contributed by atoms with van der Waals surface area (Å²) in [6.07, 6.45) is 2.66. The maximum atomic E-state index is 12.8. The van der Waals surface area contributed by atoms with Gasteiger partial charge in [-0.25, -0.2) is 4.79 Å². The van der Waals surface area contributed by atoms with Crippen molar-refractivity contribution >= 4 is 28.2 Å². The maximum absolute atomic E-state index is 12.8. The molecule has 0 saturated carbocycles. The Balaban J connectivity index is 1.96. The number of hydrogen-bond acceptors (Lipinski definition) is 4. The topological polar surface area (TPSA) is 55.4 Å². The molecule has 1 aliphatic rings. The molecule has 4 nitrogen and oxygen atoms in total. The number of carbonyl (C=O) groups is 2. The highest BCUT2D eigenvalue weighted by Gasteiger charge is 2.29. The quantitative estimate of drug-likeness (QED) is 0.770. The molecule has 2 aromatic rings. The molecule has 1 aliphatic carbocycles. The SMILES string of the molecule is Cc1ccccc1C(=O)Nc1sc2c(c1C(=O)OC(C)C)CC[C@H](C)C2. The average molecular weight is 372 g/mol. The number of carbonyl (C=O) groups excluding carboxylic acids is 2. The van der Waals surface area contributed by atoms with Crippen LogP contribution in [0.4, 0.5) is 5.00 Å². The Morgan fingerprint density at radius 1 is 1.27 bits per heavy atom. The molecule has 0 bridgehead atoms. The summed E-state index contributed by atoms with van der Waals surface area (Å²) < 4.78 is 5.46. The number of rotatable bonds is 4. The van der Waals surface area contributed by atoms with Crippen molar-refractivity contribution in [2.45, 2.75) is 53.1 Å². The molecule has 5 heteroatoms. The van der Waals surface area contributed by atoms with Crippen molar-refractivity contribution in [1.82, 2.24) is 0 Å². The third-order valence-corrected chi connectivity index (χ3v) is 5.85. The summed E-state index contributed by atoms with van der Waals surface area (Å²) in [5, 5.41) is 3.59. The lowest BCUT2D eigenvalue weighted by Gasteiger charge is -2.19. The third-order valence-electron chi connectivity index (χ3n) is 4.68. The minimum Gasteiger partial charge on any atom is -0.459 e. The van der Waals surface area contributed by atoms with Gasteiger partial charge in [0.25, 0.3) is 5.91 Å². The van der Waals surface area contributed by atoms with Crippen molar-refractivity contribution in [1.29, 1.82) is 0 Å². The third kappa shape index (κ3) is 3.83. The number of benzene rings is 1. The van der Waals surface area contributed by atoms with E-state index in [1.54, 1.807) is 6.07 Å². The number of ether oxygens (including phenoxy) is 1. The molecule has 0 fully saturated rings. The fourth-order valence-corrected chi connectivity index (χ4v) is 4.72. The summed E-state index contributed by atoms with van der Waals surface area (Å²) in [6.45, 7) is 7.80. The summed E-state index contributed by atoms with van der Waals surface area (Å²) in [5.74, 6) is 0.0653. The van der Waals surface area contributed by atoms with E-state index in [4.69, 9.17) is 4.74 Å². The normalized spacial score (nSPS) is 16.3. The molecule has 0 spiro atoms. The minimum atomic E-state index is -0.341. The number of nitrogens with one attached hydrogen (secondary N) is 1. The largest absolute Gasteiger partial charge is 0.459 e. The molecule has 138 valence electrons. The lowest BCUT2D eigenvalue weighted by atomic mass is 9.88. The molecule has 1 N–H and O–H groups in total. The van der Waals surface area contributed by atoms with Crippen LogP contribution < -0.4 is 5.32 Å². The van der Waals surface area contributed by atoms with E-state index >= 15 is 0 Å². The molecule has 1 aromatic carbocycles. The molecule has 0 unspecified atom stereocenters. The molecule has 0 radical (unpaired) electrons. The number of amides is 1. The molecule has 1 amide bonds. The molecule has 1 atom stereocenters. The second-order valence-corrected chi connectivity index (χ2v) is 8.38. The number of aryl methyl sites for hydroxylation is 1. The molecule has 1 aromatic heterocycles. The van der Waals surface area contributed by atoms with E-state index in [9.17, 15) is 9.59 Å². The Hall–Kier alpha value is -2.14. The van der Waals surface area contributed by atoms with Crippen LogP contribution in [-0.2, 0) is 17.6 Å². The number of esters is 1. The zero-order chi connectivity index (χ0) is 18.8. The predicted octanol–water partition coefficient (Wildman–Crippen LogP) is 5.00. The molecule has 0 saturated heterocycles. The first-order valence-corrected chi connectivity index (χ1v) is 9.91. The fourth-order valence-electron chi connectivity index (χ4n) is 3.33. The van der Waals surface area contributed by atoms with Crippen molar-refractivity contribution in [2.24, 2.45) is 5.92 Å². The zero-order valence-electron chi connectivity index (χ0n) is 15.7. The van der Waals surface area contributed by atoms with E-state index in [-0.39, 0.29) is 18.0 Å². The molecule has 0 aliphatic heterocycles. The van der Waals surface area contributed by atoms with Gasteiger partial charge in [-0.1, -0.05) is 25.1 Å². The second kappa shape index (κ2) is 7.62. The van der Waals surface area contributed by atoms with Crippen molar-refractivity contribution in [2.75, 3.05) is 5.32 Å². The number of thiophene rings is 1. The van der Waals surface area contributed by atoms with Crippen LogP contribution in [0.1, 0.15) is 63.9 Å². The number of hydrogen-bond donors (Lipinski definition) is 1. The van der Waals surface area contributed by atoms with Crippen LogP contribution in [0.3, 0.4) is 0 Å². The Bertz CT molecular complexity index is 838. The standard InChI is InChI=1S/C21H25NO3S/c1-12(2)25-21(24)18-16-10-9-13(3)11-17(16)26-20(18)22-19(23)15-8-6-5-7-14(15)4/h5-8,12-13H,9-11H2,1-4H3,(H,22,23)/t13-/m0/s1. The van der Waals surface area contributed by atoms with Crippen LogP contribution >= 0.6 is 11.3 Å². The first-order valence-electron chi connectivity index (χ1n) is 9.09.